The molecule has 1 aromatic rings. The van der Waals surface area contributed by atoms with Crippen molar-refractivity contribution in [3.63, 3.8) is 0 Å². The Labute approximate surface area is 84.5 Å². The Balaban J connectivity index is 2.38. The smallest absolute Gasteiger partial charge is 0.153 e. The molecule has 0 unspecified atom stereocenters. The Kier molecular flexibility index (Phi) is 4.55. The van der Waals surface area contributed by atoms with E-state index in [4.69, 9.17) is 4.74 Å². The zero-order chi connectivity index (χ0) is 10.4. The Morgan fingerprint density at radius 1 is 1.57 bits per heavy atom. The Morgan fingerprint density at radius 3 is 3.00 bits per heavy atom. The van der Waals surface area contributed by atoms with E-state index in [9.17, 15) is 0 Å². The standard InChI is InChI=1S/C9H18N4O/c1-8(2)13-9(11-7-12-13)6-14-5-4-10-3/h7-8,10H,4-6H2,1-3H3. The van der Waals surface area contributed by atoms with Gasteiger partial charge in [0.2, 0.25) is 0 Å². The van der Waals surface area contributed by atoms with Gasteiger partial charge < -0.3 is 10.1 Å². The molecule has 0 saturated heterocycles. The zero-order valence-corrected chi connectivity index (χ0v) is 9.03. The van der Waals surface area contributed by atoms with Crippen LogP contribution >= 0.6 is 0 Å². The number of hydrogen-bond acceptors (Lipinski definition) is 4. The molecule has 5 heteroatoms. The number of nitrogens with zero attached hydrogens (tertiary/aromatic N) is 3. The lowest BCUT2D eigenvalue weighted by Gasteiger charge is -2.09. The van der Waals surface area contributed by atoms with Gasteiger partial charge in [0.05, 0.1) is 6.61 Å². The van der Waals surface area contributed by atoms with Crippen molar-refractivity contribution in [2.45, 2.75) is 26.5 Å². The summed E-state index contributed by atoms with van der Waals surface area (Å²) >= 11 is 0. The van der Waals surface area contributed by atoms with Crippen LogP contribution in [-0.4, -0.2) is 35.0 Å². The second-order valence-electron chi connectivity index (χ2n) is 3.37. The Morgan fingerprint density at radius 2 is 2.36 bits per heavy atom. The SMILES string of the molecule is CNCCOCc1ncnn1C(C)C. The lowest BCUT2D eigenvalue weighted by molar-refractivity contribution is 0.114. The largest absolute Gasteiger partial charge is 0.372 e. The molecule has 0 spiro atoms. The fraction of sp³-hybridized carbons (Fsp3) is 0.778. The van der Waals surface area contributed by atoms with Crippen LogP contribution in [0.15, 0.2) is 6.33 Å². The summed E-state index contributed by atoms with van der Waals surface area (Å²) in [7, 11) is 1.90. The molecule has 0 radical (unpaired) electrons. The van der Waals surface area contributed by atoms with Gasteiger partial charge in [0.1, 0.15) is 12.9 Å². The first kappa shape index (κ1) is 11.1. The van der Waals surface area contributed by atoms with E-state index in [0.29, 0.717) is 19.3 Å². The van der Waals surface area contributed by atoms with Crippen LogP contribution in [0.1, 0.15) is 25.7 Å². The van der Waals surface area contributed by atoms with Crippen molar-refractivity contribution in [3.8, 4) is 0 Å². The van der Waals surface area contributed by atoms with Crippen molar-refractivity contribution in [2.75, 3.05) is 20.2 Å². The zero-order valence-electron chi connectivity index (χ0n) is 9.03. The fourth-order valence-electron chi connectivity index (χ4n) is 1.15. The number of ether oxygens (including phenoxy) is 1. The van der Waals surface area contributed by atoms with Crippen LogP contribution in [-0.2, 0) is 11.3 Å². The molecular weight excluding hydrogens is 180 g/mol. The van der Waals surface area contributed by atoms with Crippen LogP contribution in [0.25, 0.3) is 0 Å². The third-order valence-corrected chi connectivity index (χ3v) is 1.86. The van der Waals surface area contributed by atoms with E-state index in [1.54, 1.807) is 6.33 Å². The normalized spacial score (nSPS) is 11.1. The van der Waals surface area contributed by atoms with Gasteiger partial charge in [-0.3, -0.25) is 0 Å². The molecule has 0 fully saturated rings. The van der Waals surface area contributed by atoms with E-state index in [0.717, 1.165) is 12.4 Å². The number of nitrogens with one attached hydrogen (secondary N) is 1. The first-order chi connectivity index (χ1) is 6.75. The highest BCUT2D eigenvalue weighted by molar-refractivity contribution is 4.83. The molecule has 0 aliphatic carbocycles. The summed E-state index contributed by atoms with van der Waals surface area (Å²) in [4.78, 5) is 4.14. The highest BCUT2D eigenvalue weighted by Crippen LogP contribution is 2.05. The molecule has 80 valence electrons. The maximum atomic E-state index is 5.42. The third-order valence-electron chi connectivity index (χ3n) is 1.86. The van der Waals surface area contributed by atoms with Crippen LogP contribution < -0.4 is 5.32 Å². The highest BCUT2D eigenvalue weighted by atomic mass is 16.5. The molecule has 14 heavy (non-hydrogen) atoms. The van der Waals surface area contributed by atoms with Gasteiger partial charge in [0.15, 0.2) is 5.82 Å². The van der Waals surface area contributed by atoms with E-state index >= 15 is 0 Å². The van der Waals surface area contributed by atoms with Crippen molar-refractivity contribution in [2.24, 2.45) is 0 Å². The maximum Gasteiger partial charge on any atom is 0.153 e. The van der Waals surface area contributed by atoms with Crippen molar-refractivity contribution in [1.82, 2.24) is 20.1 Å². The summed E-state index contributed by atoms with van der Waals surface area (Å²) < 4.78 is 7.30. The van der Waals surface area contributed by atoms with Crippen LogP contribution in [0.5, 0.6) is 0 Å². The minimum absolute atomic E-state index is 0.334. The molecule has 5 nitrogen and oxygen atoms in total. The van der Waals surface area contributed by atoms with Gasteiger partial charge in [-0.05, 0) is 20.9 Å². The molecule has 1 aromatic heterocycles. The Hall–Kier alpha value is -0.940. The van der Waals surface area contributed by atoms with Gasteiger partial charge in [-0.15, -0.1) is 0 Å². The second-order valence-corrected chi connectivity index (χ2v) is 3.37. The van der Waals surface area contributed by atoms with Crippen molar-refractivity contribution in [3.05, 3.63) is 12.2 Å². The minimum atomic E-state index is 0.334. The third kappa shape index (κ3) is 3.08. The van der Waals surface area contributed by atoms with Crippen LogP contribution in [0.3, 0.4) is 0 Å². The molecule has 0 amide bonds. The van der Waals surface area contributed by atoms with Crippen LogP contribution in [0, 0.1) is 0 Å². The first-order valence-corrected chi connectivity index (χ1v) is 4.86. The maximum absolute atomic E-state index is 5.42. The topological polar surface area (TPSA) is 52.0 Å². The fourth-order valence-corrected chi connectivity index (χ4v) is 1.15. The second kappa shape index (κ2) is 5.72. The average molecular weight is 198 g/mol. The van der Waals surface area contributed by atoms with Crippen LogP contribution in [0.4, 0.5) is 0 Å². The first-order valence-electron chi connectivity index (χ1n) is 4.86. The molecule has 0 atom stereocenters. The summed E-state index contributed by atoms with van der Waals surface area (Å²) in [6.07, 6.45) is 1.57. The predicted octanol–water partition coefficient (Wildman–Crippen LogP) is 0.595. The lowest BCUT2D eigenvalue weighted by atomic mass is 10.4. The van der Waals surface area contributed by atoms with E-state index in [2.05, 4.69) is 29.2 Å². The summed E-state index contributed by atoms with van der Waals surface area (Å²) in [5, 5.41) is 7.14. The van der Waals surface area contributed by atoms with Gasteiger partial charge >= 0.3 is 0 Å². The van der Waals surface area contributed by atoms with Gasteiger partial charge in [0, 0.05) is 12.6 Å². The number of likely N-dealkylation sites (N-methyl/N-ethyl adjacent to an activating group) is 1. The van der Waals surface area contributed by atoms with E-state index in [1.165, 1.54) is 0 Å². The lowest BCUT2D eigenvalue weighted by Crippen LogP contribution is -2.16. The molecule has 0 aromatic carbocycles. The summed E-state index contributed by atoms with van der Waals surface area (Å²) in [5.41, 5.74) is 0. The molecular formula is C9H18N4O. The van der Waals surface area contributed by atoms with E-state index < -0.39 is 0 Å². The van der Waals surface area contributed by atoms with E-state index in [1.807, 2.05) is 11.7 Å². The summed E-state index contributed by atoms with van der Waals surface area (Å²) in [5.74, 6) is 0.885. The number of hydrogen-bond donors (Lipinski definition) is 1. The molecule has 1 rings (SSSR count). The molecule has 0 bridgehead atoms. The average Bonchev–Trinajstić information content (AvgIpc) is 2.60. The molecule has 1 heterocycles. The number of rotatable bonds is 6. The molecule has 0 aliphatic heterocycles. The predicted molar refractivity (Wildman–Crippen MR) is 54.0 cm³/mol. The van der Waals surface area contributed by atoms with Crippen LogP contribution in [0.2, 0.25) is 0 Å². The van der Waals surface area contributed by atoms with E-state index in [-0.39, 0.29) is 0 Å². The van der Waals surface area contributed by atoms with Gasteiger partial charge in [-0.25, -0.2) is 9.67 Å². The molecule has 1 N–H and O–H groups in total. The molecule has 0 saturated carbocycles. The Bertz CT molecular complexity index is 259. The molecule has 0 aliphatic rings. The quantitative estimate of drug-likeness (QED) is 0.680. The van der Waals surface area contributed by atoms with Gasteiger partial charge in [0.25, 0.3) is 0 Å². The monoisotopic (exact) mass is 198 g/mol. The summed E-state index contributed by atoms with van der Waals surface area (Å²) in [6.45, 7) is 6.23. The van der Waals surface area contributed by atoms with Crippen molar-refractivity contribution < 1.29 is 4.74 Å². The van der Waals surface area contributed by atoms with Gasteiger partial charge in [-0.1, -0.05) is 0 Å². The van der Waals surface area contributed by atoms with Gasteiger partial charge in [-0.2, -0.15) is 5.10 Å². The summed E-state index contributed by atoms with van der Waals surface area (Å²) in [6, 6.07) is 0.334. The highest BCUT2D eigenvalue weighted by Gasteiger charge is 2.06. The minimum Gasteiger partial charge on any atom is -0.372 e. The van der Waals surface area contributed by atoms with Crippen molar-refractivity contribution >= 4 is 0 Å². The van der Waals surface area contributed by atoms with Crippen molar-refractivity contribution in [1.29, 1.82) is 0 Å². The number of aromatic nitrogens is 3.